The van der Waals surface area contributed by atoms with Gasteiger partial charge in [0.05, 0.1) is 29.9 Å². The van der Waals surface area contributed by atoms with Crippen LogP contribution in [0.2, 0.25) is 0 Å². The van der Waals surface area contributed by atoms with Gasteiger partial charge < -0.3 is 19.2 Å². The molecule has 0 saturated carbocycles. The normalized spacial score (nSPS) is 15.7. The number of ether oxygens (including phenoxy) is 2. The van der Waals surface area contributed by atoms with Crippen molar-refractivity contribution in [3.05, 3.63) is 23.1 Å². The Hall–Kier alpha value is -2.12. The van der Waals surface area contributed by atoms with Crippen molar-refractivity contribution in [2.75, 3.05) is 17.8 Å². The first-order valence-electron chi connectivity index (χ1n) is 7.97. The van der Waals surface area contributed by atoms with E-state index in [-0.39, 0.29) is 35.2 Å². The molecular weight excluding hydrogens is 348 g/mol. The molecular formula is C17H19ClN2O5. The average molecular weight is 367 g/mol. The number of carbonyl (C=O) groups is 2. The maximum absolute atomic E-state index is 12.2. The molecule has 0 aliphatic carbocycles. The predicted molar refractivity (Wildman–Crippen MR) is 91.9 cm³/mol. The number of fused-ring (bicyclic) bond motifs is 2. The number of rotatable bonds is 4. The second kappa shape index (κ2) is 6.65. The molecule has 134 valence electrons. The van der Waals surface area contributed by atoms with Gasteiger partial charge in [-0.2, -0.15) is 0 Å². The molecule has 0 spiro atoms. The number of furan rings is 1. The van der Waals surface area contributed by atoms with Crippen molar-refractivity contribution in [3.63, 3.8) is 0 Å². The van der Waals surface area contributed by atoms with Gasteiger partial charge >= 0.3 is 5.97 Å². The highest BCUT2D eigenvalue weighted by molar-refractivity contribution is 6.29. The van der Waals surface area contributed by atoms with Gasteiger partial charge in [-0.3, -0.25) is 4.79 Å². The Bertz CT molecular complexity index is 843. The zero-order valence-electron chi connectivity index (χ0n) is 14.3. The number of pyridine rings is 1. The van der Waals surface area contributed by atoms with Crippen LogP contribution in [0.1, 0.15) is 42.6 Å². The van der Waals surface area contributed by atoms with Crippen molar-refractivity contribution < 1.29 is 23.5 Å². The standard InChI is InChI=1S/C17H19ClN2O5/c1-4-23-16(22)14-13(20-12(21)7-18)10-5-9-8-24-17(2,3)6-11(9)19-15(10)25-14/h5H,4,6-8H2,1-3H3,(H,20,21). The Kier molecular flexibility index (Phi) is 4.71. The molecule has 3 rings (SSSR count). The summed E-state index contributed by atoms with van der Waals surface area (Å²) >= 11 is 5.57. The van der Waals surface area contributed by atoms with E-state index in [2.05, 4.69) is 10.3 Å². The van der Waals surface area contributed by atoms with Gasteiger partial charge in [0.1, 0.15) is 11.6 Å². The largest absolute Gasteiger partial charge is 0.460 e. The van der Waals surface area contributed by atoms with Crippen LogP contribution in [0.4, 0.5) is 5.69 Å². The van der Waals surface area contributed by atoms with Crippen LogP contribution in [0, 0.1) is 0 Å². The average Bonchev–Trinajstić information content (AvgIpc) is 2.90. The van der Waals surface area contributed by atoms with Crippen molar-refractivity contribution in [3.8, 4) is 0 Å². The maximum atomic E-state index is 12.2. The van der Waals surface area contributed by atoms with E-state index in [4.69, 9.17) is 25.5 Å². The second-order valence-corrected chi connectivity index (χ2v) is 6.65. The molecule has 7 nitrogen and oxygen atoms in total. The third-order valence-corrected chi connectivity index (χ3v) is 4.15. The molecule has 8 heteroatoms. The molecule has 0 saturated heterocycles. The van der Waals surface area contributed by atoms with Gasteiger partial charge in [0.2, 0.25) is 17.4 Å². The third kappa shape index (κ3) is 3.48. The molecule has 0 aromatic carbocycles. The lowest BCUT2D eigenvalue weighted by molar-refractivity contribution is -0.113. The lowest BCUT2D eigenvalue weighted by Gasteiger charge is -2.30. The van der Waals surface area contributed by atoms with Crippen molar-refractivity contribution in [1.82, 2.24) is 4.98 Å². The molecule has 3 heterocycles. The highest BCUT2D eigenvalue weighted by Gasteiger charge is 2.30. The van der Waals surface area contributed by atoms with Crippen LogP contribution in [0.5, 0.6) is 0 Å². The number of alkyl halides is 1. The van der Waals surface area contributed by atoms with E-state index >= 15 is 0 Å². The quantitative estimate of drug-likeness (QED) is 0.660. The number of carbonyl (C=O) groups excluding carboxylic acids is 2. The molecule has 1 N–H and O–H groups in total. The number of nitrogens with zero attached hydrogens (tertiary/aromatic N) is 1. The van der Waals surface area contributed by atoms with E-state index in [1.807, 2.05) is 19.9 Å². The van der Waals surface area contributed by atoms with E-state index in [1.165, 1.54) is 0 Å². The highest BCUT2D eigenvalue weighted by atomic mass is 35.5. The fraction of sp³-hybridized carbons (Fsp3) is 0.471. The lowest BCUT2D eigenvalue weighted by atomic mass is 9.95. The fourth-order valence-electron chi connectivity index (χ4n) is 2.74. The van der Waals surface area contributed by atoms with Crippen LogP contribution in [-0.2, 0) is 27.3 Å². The SMILES string of the molecule is CCOC(=O)c1oc2nc3c(cc2c1NC(=O)CCl)COC(C)(C)C3. The summed E-state index contributed by atoms with van der Waals surface area (Å²) in [6, 6.07) is 1.82. The van der Waals surface area contributed by atoms with Gasteiger partial charge in [0.15, 0.2) is 0 Å². The van der Waals surface area contributed by atoms with Gasteiger partial charge in [-0.25, -0.2) is 9.78 Å². The van der Waals surface area contributed by atoms with Crippen LogP contribution in [0.15, 0.2) is 10.5 Å². The number of hydrogen-bond acceptors (Lipinski definition) is 6. The lowest BCUT2D eigenvalue weighted by Crippen LogP contribution is -2.32. The number of amides is 1. The molecule has 2 aromatic heterocycles. The Balaban J connectivity index is 2.13. The molecule has 1 amide bonds. The van der Waals surface area contributed by atoms with E-state index in [9.17, 15) is 9.59 Å². The topological polar surface area (TPSA) is 90.7 Å². The minimum Gasteiger partial charge on any atom is -0.460 e. The summed E-state index contributed by atoms with van der Waals surface area (Å²) in [5.41, 5.74) is 1.91. The summed E-state index contributed by atoms with van der Waals surface area (Å²) in [5, 5.41) is 3.12. The van der Waals surface area contributed by atoms with Gasteiger partial charge in [-0.1, -0.05) is 0 Å². The summed E-state index contributed by atoms with van der Waals surface area (Å²) in [6.07, 6.45) is 0.622. The van der Waals surface area contributed by atoms with Gasteiger partial charge in [0.25, 0.3) is 0 Å². The number of esters is 1. The summed E-state index contributed by atoms with van der Waals surface area (Å²) in [5.74, 6) is -1.46. The smallest absolute Gasteiger partial charge is 0.376 e. The number of aromatic nitrogens is 1. The van der Waals surface area contributed by atoms with Crippen LogP contribution in [0.3, 0.4) is 0 Å². The summed E-state index contributed by atoms with van der Waals surface area (Å²) < 4.78 is 16.4. The molecule has 0 unspecified atom stereocenters. The molecule has 0 radical (unpaired) electrons. The van der Waals surface area contributed by atoms with Gasteiger partial charge in [-0.15, -0.1) is 11.6 Å². The van der Waals surface area contributed by atoms with E-state index < -0.39 is 11.9 Å². The van der Waals surface area contributed by atoms with Crippen molar-refractivity contribution >= 4 is 40.3 Å². The third-order valence-electron chi connectivity index (χ3n) is 3.91. The minimum atomic E-state index is -0.667. The monoisotopic (exact) mass is 366 g/mol. The first-order chi connectivity index (χ1) is 11.8. The number of hydrogen-bond donors (Lipinski definition) is 1. The van der Waals surface area contributed by atoms with Crippen molar-refractivity contribution in [2.45, 2.75) is 39.4 Å². The van der Waals surface area contributed by atoms with Crippen LogP contribution in [-0.4, -0.2) is 34.9 Å². The Morgan fingerprint density at radius 3 is 2.88 bits per heavy atom. The van der Waals surface area contributed by atoms with Crippen molar-refractivity contribution in [1.29, 1.82) is 0 Å². The van der Waals surface area contributed by atoms with E-state index in [0.29, 0.717) is 18.4 Å². The molecule has 25 heavy (non-hydrogen) atoms. The highest BCUT2D eigenvalue weighted by Crippen LogP contribution is 2.35. The fourth-order valence-corrected chi connectivity index (χ4v) is 2.81. The number of anilines is 1. The molecule has 2 aromatic rings. The van der Waals surface area contributed by atoms with E-state index in [1.54, 1.807) is 6.92 Å². The molecule has 0 bridgehead atoms. The first-order valence-corrected chi connectivity index (χ1v) is 8.50. The first kappa shape index (κ1) is 17.7. The minimum absolute atomic E-state index is 0.0923. The summed E-state index contributed by atoms with van der Waals surface area (Å²) in [4.78, 5) is 28.5. The van der Waals surface area contributed by atoms with Crippen LogP contribution >= 0.6 is 11.6 Å². The van der Waals surface area contributed by atoms with E-state index in [0.717, 1.165) is 11.3 Å². The van der Waals surface area contributed by atoms with Crippen LogP contribution in [0.25, 0.3) is 11.1 Å². The molecule has 1 aliphatic rings. The zero-order valence-corrected chi connectivity index (χ0v) is 15.0. The maximum Gasteiger partial charge on any atom is 0.376 e. The zero-order chi connectivity index (χ0) is 18.2. The van der Waals surface area contributed by atoms with Gasteiger partial charge in [0, 0.05) is 12.0 Å². The second-order valence-electron chi connectivity index (χ2n) is 6.38. The Labute approximate surface area is 149 Å². The summed E-state index contributed by atoms with van der Waals surface area (Å²) in [6.45, 7) is 6.24. The number of halogens is 1. The Morgan fingerprint density at radius 1 is 1.44 bits per heavy atom. The molecule has 0 fully saturated rings. The predicted octanol–water partition coefficient (Wildman–Crippen LogP) is 3.03. The summed E-state index contributed by atoms with van der Waals surface area (Å²) in [7, 11) is 0. The van der Waals surface area contributed by atoms with Crippen LogP contribution < -0.4 is 5.32 Å². The molecule has 1 aliphatic heterocycles. The Morgan fingerprint density at radius 2 is 2.20 bits per heavy atom. The van der Waals surface area contributed by atoms with Crippen molar-refractivity contribution in [2.24, 2.45) is 0 Å². The van der Waals surface area contributed by atoms with Gasteiger partial charge in [-0.05, 0) is 26.8 Å². The number of nitrogens with one attached hydrogen (secondary N) is 1. The molecule has 0 atom stereocenters.